The maximum Gasteiger partial charge on any atom is 0.339 e. The number of phenols is 2. The van der Waals surface area contributed by atoms with Gasteiger partial charge in [0.15, 0.2) is 0 Å². The molecular formula is C13H10O4. The molecule has 2 rings (SSSR count). The summed E-state index contributed by atoms with van der Waals surface area (Å²) >= 11 is 0. The van der Waals surface area contributed by atoms with E-state index in [-0.39, 0.29) is 17.1 Å². The van der Waals surface area contributed by atoms with Gasteiger partial charge in [0.25, 0.3) is 0 Å². The second-order valence-electron chi connectivity index (χ2n) is 3.56. The fraction of sp³-hybridized carbons (Fsp3) is 0. The molecule has 0 radical (unpaired) electrons. The molecule has 0 bridgehead atoms. The quantitative estimate of drug-likeness (QED) is 0.692. The Labute approximate surface area is 97.4 Å². The molecule has 0 aliphatic rings. The van der Waals surface area contributed by atoms with Crippen LogP contribution in [0.4, 0.5) is 0 Å². The minimum Gasteiger partial charge on any atom is -0.508 e. The van der Waals surface area contributed by atoms with Gasteiger partial charge in [-0.1, -0.05) is 30.3 Å². The fourth-order valence-electron chi connectivity index (χ4n) is 1.62. The van der Waals surface area contributed by atoms with Gasteiger partial charge in [-0.15, -0.1) is 0 Å². The van der Waals surface area contributed by atoms with Gasteiger partial charge in [0.1, 0.15) is 17.1 Å². The number of carboxylic acid groups (broad SMARTS) is 1. The van der Waals surface area contributed by atoms with Crippen molar-refractivity contribution in [1.29, 1.82) is 0 Å². The number of hydrogen-bond donors (Lipinski definition) is 3. The van der Waals surface area contributed by atoms with Crippen molar-refractivity contribution in [3.63, 3.8) is 0 Å². The van der Waals surface area contributed by atoms with E-state index in [2.05, 4.69) is 0 Å². The minimum atomic E-state index is -1.28. The van der Waals surface area contributed by atoms with Gasteiger partial charge < -0.3 is 15.3 Å². The summed E-state index contributed by atoms with van der Waals surface area (Å²) in [6.45, 7) is 0. The highest BCUT2D eigenvalue weighted by molar-refractivity contribution is 5.95. The topological polar surface area (TPSA) is 77.8 Å². The lowest BCUT2D eigenvalue weighted by molar-refractivity contribution is 0.0693. The number of hydrogen-bond acceptors (Lipinski definition) is 3. The van der Waals surface area contributed by atoms with Crippen molar-refractivity contribution in [2.24, 2.45) is 0 Å². The van der Waals surface area contributed by atoms with Gasteiger partial charge in [-0.2, -0.15) is 0 Å². The van der Waals surface area contributed by atoms with Crippen LogP contribution in [0.2, 0.25) is 0 Å². The summed E-state index contributed by atoms with van der Waals surface area (Å²) in [5.74, 6) is -1.82. The Morgan fingerprint density at radius 2 is 1.65 bits per heavy atom. The summed E-state index contributed by atoms with van der Waals surface area (Å²) in [5, 5.41) is 28.2. The largest absolute Gasteiger partial charge is 0.508 e. The predicted molar refractivity (Wildman–Crippen MR) is 62.2 cm³/mol. The number of aromatic carboxylic acids is 1. The van der Waals surface area contributed by atoms with Crippen LogP contribution in [-0.2, 0) is 0 Å². The molecule has 0 aliphatic heterocycles. The molecule has 3 N–H and O–H groups in total. The predicted octanol–water partition coefficient (Wildman–Crippen LogP) is 2.46. The van der Waals surface area contributed by atoms with Crippen molar-refractivity contribution in [1.82, 2.24) is 0 Å². The van der Waals surface area contributed by atoms with Gasteiger partial charge in [-0.05, 0) is 17.7 Å². The summed E-state index contributed by atoms with van der Waals surface area (Å²) in [5.41, 5.74) is 0.621. The second-order valence-corrected chi connectivity index (χ2v) is 3.56. The Bertz CT molecular complexity index is 561. The number of phenolic OH excluding ortho intramolecular Hbond substituents is 1. The zero-order chi connectivity index (χ0) is 12.4. The number of aromatic hydroxyl groups is 2. The second kappa shape index (κ2) is 4.17. The van der Waals surface area contributed by atoms with Crippen LogP contribution in [0.5, 0.6) is 11.5 Å². The first-order valence-electron chi connectivity index (χ1n) is 4.94. The molecule has 0 spiro atoms. The molecule has 0 aromatic heterocycles. The molecule has 0 amide bonds. The van der Waals surface area contributed by atoms with Gasteiger partial charge in [-0.25, -0.2) is 4.79 Å². The summed E-state index contributed by atoms with van der Waals surface area (Å²) in [7, 11) is 0. The minimum absolute atomic E-state index is 0.195. The third kappa shape index (κ3) is 2.06. The van der Waals surface area contributed by atoms with Gasteiger partial charge in [-0.3, -0.25) is 0 Å². The Kier molecular flexibility index (Phi) is 2.70. The summed E-state index contributed by atoms with van der Waals surface area (Å²) in [4.78, 5) is 10.9. The Hall–Kier alpha value is -2.49. The number of rotatable bonds is 2. The molecule has 2 aromatic carbocycles. The van der Waals surface area contributed by atoms with Crippen LogP contribution in [0.1, 0.15) is 10.4 Å². The van der Waals surface area contributed by atoms with Crippen molar-refractivity contribution in [2.45, 2.75) is 0 Å². The maximum absolute atomic E-state index is 10.9. The average molecular weight is 230 g/mol. The highest BCUT2D eigenvalue weighted by atomic mass is 16.4. The monoisotopic (exact) mass is 230 g/mol. The van der Waals surface area contributed by atoms with E-state index >= 15 is 0 Å². The molecule has 2 aromatic rings. The van der Waals surface area contributed by atoms with Crippen LogP contribution in [0, 0.1) is 0 Å². The Morgan fingerprint density at radius 3 is 2.24 bits per heavy atom. The molecule has 0 saturated heterocycles. The molecule has 0 saturated carbocycles. The van der Waals surface area contributed by atoms with E-state index in [0.29, 0.717) is 11.1 Å². The third-order valence-electron chi connectivity index (χ3n) is 2.41. The zero-order valence-corrected chi connectivity index (χ0v) is 8.79. The first-order chi connectivity index (χ1) is 8.09. The van der Waals surface area contributed by atoms with Crippen molar-refractivity contribution in [3.05, 3.63) is 48.0 Å². The van der Waals surface area contributed by atoms with E-state index in [4.69, 9.17) is 5.11 Å². The van der Waals surface area contributed by atoms with Crippen molar-refractivity contribution in [2.75, 3.05) is 0 Å². The number of carbonyl (C=O) groups is 1. The molecular weight excluding hydrogens is 220 g/mol. The summed E-state index contributed by atoms with van der Waals surface area (Å²) < 4.78 is 0. The molecule has 0 atom stereocenters. The van der Waals surface area contributed by atoms with Crippen LogP contribution in [0.3, 0.4) is 0 Å². The standard InChI is InChI=1S/C13H10O4/c14-9-6-10(8-4-2-1-3-5-8)12(15)11(7-9)13(16)17/h1-7,14-15H,(H,16,17). The molecule has 0 fully saturated rings. The van der Waals surface area contributed by atoms with Crippen LogP contribution in [-0.4, -0.2) is 21.3 Å². The van der Waals surface area contributed by atoms with E-state index in [9.17, 15) is 15.0 Å². The van der Waals surface area contributed by atoms with Gasteiger partial charge >= 0.3 is 5.97 Å². The van der Waals surface area contributed by atoms with E-state index < -0.39 is 5.97 Å². The molecule has 4 heteroatoms. The van der Waals surface area contributed by atoms with Gasteiger partial charge in [0.05, 0.1) is 0 Å². The summed E-state index contributed by atoms with van der Waals surface area (Å²) in [6, 6.07) is 11.1. The van der Waals surface area contributed by atoms with E-state index in [1.165, 1.54) is 6.07 Å². The first kappa shape index (κ1) is 11.0. The molecule has 0 aliphatic carbocycles. The molecule has 0 unspecified atom stereocenters. The summed E-state index contributed by atoms with van der Waals surface area (Å²) in [6.07, 6.45) is 0. The average Bonchev–Trinajstić information content (AvgIpc) is 2.32. The lowest BCUT2D eigenvalue weighted by atomic mass is 10.0. The van der Waals surface area contributed by atoms with Crippen LogP contribution in [0.25, 0.3) is 11.1 Å². The van der Waals surface area contributed by atoms with Crippen LogP contribution in [0.15, 0.2) is 42.5 Å². The number of benzene rings is 2. The molecule has 4 nitrogen and oxygen atoms in total. The molecule has 86 valence electrons. The highest BCUT2D eigenvalue weighted by Gasteiger charge is 2.16. The molecule has 0 heterocycles. The van der Waals surface area contributed by atoms with Gasteiger partial charge in [0.2, 0.25) is 0 Å². The smallest absolute Gasteiger partial charge is 0.339 e. The third-order valence-corrected chi connectivity index (χ3v) is 2.41. The zero-order valence-electron chi connectivity index (χ0n) is 8.79. The molecule has 17 heavy (non-hydrogen) atoms. The lowest BCUT2D eigenvalue weighted by Gasteiger charge is -2.08. The fourth-order valence-corrected chi connectivity index (χ4v) is 1.62. The maximum atomic E-state index is 10.9. The van der Waals surface area contributed by atoms with E-state index in [1.54, 1.807) is 30.3 Å². The van der Waals surface area contributed by atoms with Crippen molar-refractivity contribution >= 4 is 5.97 Å². The van der Waals surface area contributed by atoms with Crippen molar-refractivity contribution in [3.8, 4) is 22.6 Å². The lowest BCUT2D eigenvalue weighted by Crippen LogP contribution is -1.97. The normalized spacial score (nSPS) is 10.1. The highest BCUT2D eigenvalue weighted by Crippen LogP contribution is 2.35. The van der Waals surface area contributed by atoms with Crippen molar-refractivity contribution < 1.29 is 20.1 Å². The van der Waals surface area contributed by atoms with Crippen LogP contribution < -0.4 is 0 Å². The number of carboxylic acids is 1. The first-order valence-corrected chi connectivity index (χ1v) is 4.94. The van der Waals surface area contributed by atoms with E-state index in [0.717, 1.165) is 6.07 Å². The Balaban J connectivity index is 2.67. The Morgan fingerprint density at radius 1 is 1.00 bits per heavy atom. The van der Waals surface area contributed by atoms with Gasteiger partial charge in [0, 0.05) is 5.56 Å². The van der Waals surface area contributed by atoms with Crippen LogP contribution >= 0.6 is 0 Å². The SMILES string of the molecule is O=C(O)c1cc(O)cc(-c2ccccc2)c1O. The van der Waals surface area contributed by atoms with E-state index in [1.807, 2.05) is 0 Å².